The smallest absolute Gasteiger partial charge is 0.230 e. The minimum absolute atomic E-state index is 0.0348. The number of thioether (sulfide) groups is 1. The molecule has 0 aliphatic heterocycles. The molecule has 2 aromatic rings. The van der Waals surface area contributed by atoms with Gasteiger partial charge in [0.05, 0.1) is 16.8 Å². The Morgan fingerprint density at radius 1 is 1.19 bits per heavy atom. The molecule has 0 heterocycles. The molecule has 0 aliphatic carbocycles. The van der Waals surface area contributed by atoms with Gasteiger partial charge in [-0.3, -0.25) is 4.79 Å². The van der Waals surface area contributed by atoms with E-state index in [0.717, 1.165) is 10.5 Å². The van der Waals surface area contributed by atoms with Crippen LogP contribution in [0.5, 0.6) is 0 Å². The van der Waals surface area contributed by atoms with Gasteiger partial charge in [0.2, 0.25) is 5.91 Å². The molecular formula is C16H15Cl2NOS. The number of halogens is 2. The molecule has 2 nitrogen and oxygen atoms in total. The standard InChI is InChI=1S/C16H15Cl2NOS/c1-11(12-5-4-6-13(17)9-12)19-16(20)10-21-15-8-3-2-7-14(15)18/h2-9,11H,10H2,1H3,(H,19,20)/t11-/m0/s1. The monoisotopic (exact) mass is 339 g/mol. The van der Waals surface area contributed by atoms with Crippen molar-refractivity contribution in [1.29, 1.82) is 0 Å². The summed E-state index contributed by atoms with van der Waals surface area (Å²) in [5.41, 5.74) is 0.985. The molecule has 2 rings (SSSR count). The van der Waals surface area contributed by atoms with Gasteiger partial charge in [0.15, 0.2) is 0 Å². The largest absolute Gasteiger partial charge is 0.349 e. The fraction of sp³-hybridized carbons (Fsp3) is 0.188. The first-order chi connectivity index (χ1) is 10.1. The van der Waals surface area contributed by atoms with Crippen molar-refractivity contribution < 1.29 is 4.79 Å². The van der Waals surface area contributed by atoms with Crippen molar-refractivity contribution in [2.24, 2.45) is 0 Å². The third-order valence-electron chi connectivity index (χ3n) is 2.92. The third-order valence-corrected chi connectivity index (χ3v) is 4.67. The maximum atomic E-state index is 12.0. The first kappa shape index (κ1) is 16.2. The van der Waals surface area contributed by atoms with E-state index in [1.165, 1.54) is 11.8 Å². The van der Waals surface area contributed by atoms with Gasteiger partial charge in [0.25, 0.3) is 0 Å². The van der Waals surface area contributed by atoms with E-state index in [2.05, 4.69) is 5.32 Å². The van der Waals surface area contributed by atoms with Crippen molar-refractivity contribution in [3.8, 4) is 0 Å². The van der Waals surface area contributed by atoms with Crippen molar-refractivity contribution >= 4 is 40.9 Å². The van der Waals surface area contributed by atoms with Crippen LogP contribution >= 0.6 is 35.0 Å². The van der Waals surface area contributed by atoms with Gasteiger partial charge in [-0.05, 0) is 36.8 Å². The van der Waals surface area contributed by atoms with Crippen LogP contribution in [-0.2, 0) is 4.79 Å². The van der Waals surface area contributed by atoms with E-state index in [9.17, 15) is 4.79 Å². The van der Waals surface area contributed by atoms with Crippen molar-refractivity contribution in [3.63, 3.8) is 0 Å². The fourth-order valence-electron chi connectivity index (χ4n) is 1.85. The SMILES string of the molecule is C[C@H](NC(=O)CSc1ccccc1Cl)c1cccc(Cl)c1. The summed E-state index contributed by atoms with van der Waals surface area (Å²) in [7, 11) is 0. The molecule has 0 bridgehead atoms. The minimum Gasteiger partial charge on any atom is -0.349 e. The number of nitrogens with one attached hydrogen (secondary N) is 1. The van der Waals surface area contributed by atoms with E-state index in [0.29, 0.717) is 15.8 Å². The molecule has 21 heavy (non-hydrogen) atoms. The second-order valence-electron chi connectivity index (χ2n) is 4.56. The summed E-state index contributed by atoms with van der Waals surface area (Å²) in [5.74, 6) is 0.293. The molecule has 5 heteroatoms. The summed E-state index contributed by atoms with van der Waals surface area (Å²) < 4.78 is 0. The van der Waals surface area contributed by atoms with Crippen LogP contribution in [0.2, 0.25) is 10.0 Å². The Morgan fingerprint density at radius 2 is 1.95 bits per heavy atom. The number of hydrogen-bond donors (Lipinski definition) is 1. The number of carbonyl (C=O) groups excluding carboxylic acids is 1. The minimum atomic E-state index is -0.0805. The average Bonchev–Trinajstić information content (AvgIpc) is 2.46. The first-order valence-electron chi connectivity index (χ1n) is 6.48. The van der Waals surface area contributed by atoms with Gasteiger partial charge in [-0.15, -0.1) is 11.8 Å². The van der Waals surface area contributed by atoms with Crippen LogP contribution < -0.4 is 5.32 Å². The van der Waals surface area contributed by atoms with Gasteiger partial charge in [-0.25, -0.2) is 0 Å². The highest BCUT2D eigenvalue weighted by Crippen LogP contribution is 2.26. The summed E-state index contributed by atoms with van der Waals surface area (Å²) in [5, 5.41) is 4.28. The highest BCUT2D eigenvalue weighted by atomic mass is 35.5. The number of rotatable bonds is 5. The first-order valence-corrected chi connectivity index (χ1v) is 8.22. The molecule has 0 saturated carbocycles. The van der Waals surface area contributed by atoms with Crippen molar-refractivity contribution in [2.75, 3.05) is 5.75 Å². The van der Waals surface area contributed by atoms with Crippen molar-refractivity contribution in [3.05, 3.63) is 64.1 Å². The van der Waals surface area contributed by atoms with Gasteiger partial charge in [-0.2, -0.15) is 0 Å². The Morgan fingerprint density at radius 3 is 2.67 bits per heavy atom. The molecule has 2 aromatic carbocycles. The molecule has 0 saturated heterocycles. The topological polar surface area (TPSA) is 29.1 Å². The Hall–Kier alpha value is -1.16. The molecule has 1 atom stereocenters. The number of hydrogen-bond acceptors (Lipinski definition) is 2. The van der Waals surface area contributed by atoms with Gasteiger partial charge in [-0.1, -0.05) is 47.5 Å². The summed E-state index contributed by atoms with van der Waals surface area (Å²) in [6, 6.07) is 14.9. The highest BCUT2D eigenvalue weighted by Gasteiger charge is 2.11. The predicted octanol–water partition coefficient (Wildman–Crippen LogP) is 4.96. The number of benzene rings is 2. The van der Waals surface area contributed by atoms with E-state index in [4.69, 9.17) is 23.2 Å². The van der Waals surface area contributed by atoms with E-state index >= 15 is 0 Å². The van der Waals surface area contributed by atoms with Gasteiger partial charge >= 0.3 is 0 Å². The van der Waals surface area contributed by atoms with Crippen molar-refractivity contribution in [2.45, 2.75) is 17.9 Å². The van der Waals surface area contributed by atoms with Gasteiger partial charge in [0.1, 0.15) is 0 Å². The lowest BCUT2D eigenvalue weighted by Gasteiger charge is -2.14. The fourth-order valence-corrected chi connectivity index (χ4v) is 3.10. The zero-order valence-electron chi connectivity index (χ0n) is 11.5. The van der Waals surface area contributed by atoms with Crippen LogP contribution in [0.25, 0.3) is 0 Å². The van der Waals surface area contributed by atoms with Crippen LogP contribution in [0.15, 0.2) is 53.4 Å². The summed E-state index contributed by atoms with van der Waals surface area (Å²) >= 11 is 13.4. The molecule has 1 amide bonds. The summed E-state index contributed by atoms with van der Waals surface area (Å²) in [6.07, 6.45) is 0. The van der Waals surface area contributed by atoms with Crippen LogP contribution in [0.4, 0.5) is 0 Å². The molecule has 0 aliphatic rings. The lowest BCUT2D eigenvalue weighted by molar-refractivity contribution is -0.119. The molecule has 0 aromatic heterocycles. The molecule has 0 radical (unpaired) electrons. The lowest BCUT2D eigenvalue weighted by atomic mass is 10.1. The average molecular weight is 340 g/mol. The van der Waals surface area contributed by atoms with E-state index < -0.39 is 0 Å². The highest BCUT2D eigenvalue weighted by molar-refractivity contribution is 8.00. The van der Waals surface area contributed by atoms with E-state index in [-0.39, 0.29) is 11.9 Å². The lowest BCUT2D eigenvalue weighted by Crippen LogP contribution is -2.28. The maximum Gasteiger partial charge on any atom is 0.230 e. The predicted molar refractivity (Wildman–Crippen MR) is 90.2 cm³/mol. The Labute approximate surface area is 138 Å². The number of amides is 1. The molecule has 0 unspecified atom stereocenters. The summed E-state index contributed by atoms with van der Waals surface area (Å²) in [6.45, 7) is 1.93. The molecule has 0 spiro atoms. The van der Waals surface area contributed by atoms with Crippen LogP contribution in [0.1, 0.15) is 18.5 Å². The van der Waals surface area contributed by atoms with Crippen molar-refractivity contribution in [1.82, 2.24) is 5.32 Å². The van der Waals surface area contributed by atoms with E-state index in [1.54, 1.807) is 0 Å². The zero-order chi connectivity index (χ0) is 15.2. The number of carbonyl (C=O) groups is 1. The quantitative estimate of drug-likeness (QED) is 0.779. The normalized spacial score (nSPS) is 12.0. The Bertz CT molecular complexity index is 633. The van der Waals surface area contributed by atoms with Crippen LogP contribution in [-0.4, -0.2) is 11.7 Å². The Kier molecular flexibility index (Phi) is 5.97. The maximum absolute atomic E-state index is 12.0. The molecular weight excluding hydrogens is 325 g/mol. The van der Waals surface area contributed by atoms with Crippen LogP contribution in [0.3, 0.4) is 0 Å². The molecule has 110 valence electrons. The Balaban J connectivity index is 1.89. The van der Waals surface area contributed by atoms with E-state index in [1.807, 2.05) is 55.5 Å². The summed E-state index contributed by atoms with van der Waals surface area (Å²) in [4.78, 5) is 12.9. The second-order valence-corrected chi connectivity index (χ2v) is 6.42. The molecule has 1 N–H and O–H groups in total. The second kappa shape index (κ2) is 7.74. The van der Waals surface area contributed by atoms with Gasteiger partial charge < -0.3 is 5.32 Å². The zero-order valence-corrected chi connectivity index (χ0v) is 13.8. The van der Waals surface area contributed by atoms with Crippen LogP contribution in [0, 0.1) is 0 Å². The third kappa shape index (κ3) is 4.95. The van der Waals surface area contributed by atoms with Gasteiger partial charge in [0, 0.05) is 9.92 Å². The molecule has 0 fully saturated rings.